The summed E-state index contributed by atoms with van der Waals surface area (Å²) in [6.07, 6.45) is 1.80. The molecule has 1 heterocycles. The first-order valence-corrected chi connectivity index (χ1v) is 9.07. The molecule has 1 aromatic heterocycles. The normalized spacial score (nSPS) is 12.4. The van der Waals surface area contributed by atoms with Gasteiger partial charge in [-0.15, -0.1) is 0 Å². The van der Waals surface area contributed by atoms with Gasteiger partial charge in [0.2, 0.25) is 0 Å². The summed E-state index contributed by atoms with van der Waals surface area (Å²) in [5.41, 5.74) is 5.57. The molecule has 0 saturated carbocycles. The van der Waals surface area contributed by atoms with Gasteiger partial charge in [-0.05, 0) is 23.8 Å². The minimum atomic E-state index is -0.110. The molecule has 28 heavy (non-hydrogen) atoms. The van der Waals surface area contributed by atoms with E-state index in [1.54, 1.807) is 42.6 Å². The first-order valence-electron chi connectivity index (χ1n) is 9.07. The predicted octanol–water partition coefficient (Wildman–Crippen LogP) is 5.19. The van der Waals surface area contributed by atoms with Gasteiger partial charge in [0.05, 0.1) is 5.69 Å². The highest BCUT2D eigenvalue weighted by molar-refractivity contribution is 6.28. The molecule has 0 aliphatic heterocycles. The van der Waals surface area contributed by atoms with E-state index in [4.69, 9.17) is 0 Å². The minimum absolute atomic E-state index is 0.102. The first-order chi connectivity index (χ1) is 13.7. The molecule has 3 aromatic carbocycles. The molecule has 5 rings (SSSR count). The number of rotatable bonds is 2. The molecule has 0 saturated heterocycles. The summed E-state index contributed by atoms with van der Waals surface area (Å²) < 4.78 is 0. The number of aromatic nitrogens is 1. The van der Waals surface area contributed by atoms with Crippen LogP contribution in [0.4, 0.5) is 0 Å². The second kappa shape index (κ2) is 6.39. The highest BCUT2D eigenvalue weighted by Gasteiger charge is 2.29. The van der Waals surface area contributed by atoms with Crippen LogP contribution in [-0.2, 0) is 0 Å². The third kappa shape index (κ3) is 2.57. The van der Waals surface area contributed by atoms with Crippen molar-refractivity contribution in [2.24, 2.45) is 0 Å². The van der Waals surface area contributed by atoms with Gasteiger partial charge in [-0.2, -0.15) is 0 Å². The smallest absolute Gasteiger partial charge is 0.194 e. The van der Waals surface area contributed by atoms with Crippen molar-refractivity contribution in [1.82, 2.24) is 4.98 Å². The molecule has 0 amide bonds. The van der Waals surface area contributed by atoms with Crippen molar-refractivity contribution in [2.45, 2.75) is 0 Å². The maximum atomic E-state index is 12.9. The Morgan fingerprint density at radius 1 is 0.500 bits per heavy atom. The molecule has 0 fully saturated rings. The number of hydrogen-bond acceptors (Lipinski definition) is 3. The van der Waals surface area contributed by atoms with E-state index in [1.165, 1.54) is 0 Å². The van der Waals surface area contributed by atoms with Gasteiger partial charge in [0.25, 0.3) is 0 Å². The average molecular weight is 361 g/mol. The van der Waals surface area contributed by atoms with Crippen molar-refractivity contribution in [3.63, 3.8) is 0 Å². The number of benzene rings is 3. The molecule has 0 N–H and O–H groups in total. The van der Waals surface area contributed by atoms with Crippen molar-refractivity contribution >= 4 is 11.6 Å². The monoisotopic (exact) mass is 361 g/mol. The Balaban J connectivity index is 1.55. The summed E-state index contributed by atoms with van der Waals surface area (Å²) >= 11 is 0. The van der Waals surface area contributed by atoms with Gasteiger partial charge in [0, 0.05) is 39.6 Å². The zero-order valence-electron chi connectivity index (χ0n) is 14.9. The molecular weight excluding hydrogens is 346 g/mol. The Hall–Kier alpha value is -3.85. The Labute approximate surface area is 162 Å². The fourth-order valence-electron chi connectivity index (χ4n) is 3.62. The van der Waals surface area contributed by atoms with Gasteiger partial charge < -0.3 is 0 Å². The van der Waals surface area contributed by atoms with Crippen molar-refractivity contribution < 1.29 is 9.59 Å². The number of hydrogen-bond donors (Lipinski definition) is 0. The van der Waals surface area contributed by atoms with E-state index in [9.17, 15) is 9.59 Å². The summed E-state index contributed by atoms with van der Waals surface area (Å²) in [6.45, 7) is 0. The lowest BCUT2D eigenvalue weighted by Crippen LogP contribution is -2.20. The van der Waals surface area contributed by atoms with Crippen LogP contribution in [-0.4, -0.2) is 16.6 Å². The molecule has 0 atom stereocenters. The van der Waals surface area contributed by atoms with Crippen LogP contribution in [0.15, 0.2) is 91.1 Å². The summed E-state index contributed by atoms with van der Waals surface area (Å²) in [7, 11) is 0. The van der Waals surface area contributed by atoms with Crippen LogP contribution in [0.5, 0.6) is 0 Å². The van der Waals surface area contributed by atoms with Gasteiger partial charge in [-0.25, -0.2) is 0 Å². The van der Waals surface area contributed by atoms with Crippen LogP contribution >= 0.6 is 0 Å². The van der Waals surface area contributed by atoms with Gasteiger partial charge in [-0.1, -0.05) is 66.7 Å². The van der Waals surface area contributed by atoms with Crippen LogP contribution in [0.3, 0.4) is 0 Å². The standard InChI is InChI=1S/C25H15NO2/c27-24-19-8-4-5-9-20(19)25(28)22-14-17(10-12-21(22)24)18-11-13-23(26-15-18)16-6-2-1-3-7-16/h1-15H. The largest absolute Gasteiger partial charge is 0.289 e. The second-order valence-electron chi connectivity index (χ2n) is 6.76. The van der Waals surface area contributed by atoms with Gasteiger partial charge in [0.15, 0.2) is 11.6 Å². The third-order valence-electron chi connectivity index (χ3n) is 5.09. The predicted molar refractivity (Wildman–Crippen MR) is 108 cm³/mol. The van der Waals surface area contributed by atoms with E-state index in [2.05, 4.69) is 4.98 Å². The summed E-state index contributed by atoms with van der Waals surface area (Å²) in [6, 6.07) is 26.3. The molecule has 0 radical (unpaired) electrons. The van der Waals surface area contributed by atoms with Gasteiger partial charge >= 0.3 is 0 Å². The number of nitrogens with zero attached hydrogens (tertiary/aromatic N) is 1. The zero-order valence-corrected chi connectivity index (χ0v) is 14.9. The molecule has 0 bridgehead atoms. The van der Waals surface area contributed by atoms with Crippen molar-refractivity contribution in [2.75, 3.05) is 0 Å². The SMILES string of the molecule is O=C1c2ccccc2C(=O)c2cc(-c3ccc(-c4ccccc4)nc3)ccc21. The van der Waals surface area contributed by atoms with Crippen LogP contribution < -0.4 is 0 Å². The number of ketones is 2. The fourth-order valence-corrected chi connectivity index (χ4v) is 3.62. The summed E-state index contributed by atoms with van der Waals surface area (Å²) in [4.78, 5) is 30.2. The lowest BCUT2D eigenvalue weighted by molar-refractivity contribution is 0.0979. The van der Waals surface area contributed by atoms with Crippen LogP contribution in [0.2, 0.25) is 0 Å². The van der Waals surface area contributed by atoms with Crippen molar-refractivity contribution in [1.29, 1.82) is 0 Å². The Kier molecular flexibility index (Phi) is 3.73. The highest BCUT2D eigenvalue weighted by Crippen LogP contribution is 2.31. The van der Waals surface area contributed by atoms with E-state index in [0.29, 0.717) is 22.3 Å². The Morgan fingerprint density at radius 2 is 1.11 bits per heavy atom. The molecule has 0 spiro atoms. The molecule has 4 aromatic rings. The van der Waals surface area contributed by atoms with Crippen LogP contribution in [0.1, 0.15) is 31.8 Å². The Bertz CT molecular complexity index is 1230. The summed E-state index contributed by atoms with van der Waals surface area (Å²) in [5, 5.41) is 0. The number of carbonyl (C=O) groups excluding carboxylic acids is 2. The third-order valence-corrected chi connectivity index (χ3v) is 5.09. The van der Waals surface area contributed by atoms with Crippen LogP contribution in [0.25, 0.3) is 22.4 Å². The number of pyridine rings is 1. The molecule has 3 heteroatoms. The second-order valence-corrected chi connectivity index (χ2v) is 6.76. The first kappa shape index (κ1) is 16.3. The topological polar surface area (TPSA) is 47.0 Å². The van der Waals surface area contributed by atoms with Crippen LogP contribution in [0, 0.1) is 0 Å². The molecular formula is C25H15NO2. The molecule has 132 valence electrons. The lowest BCUT2D eigenvalue weighted by Gasteiger charge is -2.18. The Morgan fingerprint density at radius 3 is 1.79 bits per heavy atom. The number of fused-ring (bicyclic) bond motifs is 2. The maximum absolute atomic E-state index is 12.9. The molecule has 1 aliphatic carbocycles. The maximum Gasteiger partial charge on any atom is 0.194 e. The highest BCUT2D eigenvalue weighted by atomic mass is 16.1. The van der Waals surface area contributed by atoms with Crippen molar-refractivity contribution in [3.05, 3.63) is 113 Å². The van der Waals surface area contributed by atoms with E-state index in [1.807, 2.05) is 48.5 Å². The van der Waals surface area contributed by atoms with E-state index in [-0.39, 0.29) is 11.6 Å². The van der Waals surface area contributed by atoms with Gasteiger partial charge in [0.1, 0.15) is 0 Å². The van der Waals surface area contributed by atoms with E-state index < -0.39 is 0 Å². The lowest BCUT2D eigenvalue weighted by atomic mass is 9.83. The summed E-state index contributed by atoms with van der Waals surface area (Å²) in [5.74, 6) is -0.213. The van der Waals surface area contributed by atoms with E-state index >= 15 is 0 Å². The quantitative estimate of drug-likeness (QED) is 0.435. The zero-order chi connectivity index (χ0) is 19.1. The molecule has 3 nitrogen and oxygen atoms in total. The molecule has 1 aliphatic rings. The average Bonchev–Trinajstić information content (AvgIpc) is 2.78. The minimum Gasteiger partial charge on any atom is -0.289 e. The number of carbonyl (C=O) groups is 2. The van der Waals surface area contributed by atoms with Gasteiger partial charge in [-0.3, -0.25) is 14.6 Å². The van der Waals surface area contributed by atoms with Crippen molar-refractivity contribution in [3.8, 4) is 22.4 Å². The van der Waals surface area contributed by atoms with E-state index in [0.717, 1.165) is 22.4 Å². The molecule has 0 unspecified atom stereocenters. The fraction of sp³-hybridized carbons (Fsp3) is 0.